The van der Waals surface area contributed by atoms with Crippen LogP contribution in [0.4, 0.5) is 0 Å². The SMILES string of the molecule is CCN(Cc1cc(Br)ccc1O)C1CCC(O)CC1. The summed E-state index contributed by atoms with van der Waals surface area (Å²) in [6, 6.07) is 6.09. The van der Waals surface area contributed by atoms with Crippen LogP contribution in [-0.2, 0) is 6.54 Å². The molecule has 0 heterocycles. The Bertz CT molecular complexity index is 417. The molecule has 0 atom stereocenters. The summed E-state index contributed by atoms with van der Waals surface area (Å²) in [6.45, 7) is 3.88. The summed E-state index contributed by atoms with van der Waals surface area (Å²) in [5.74, 6) is 0.359. The number of aliphatic hydroxyl groups excluding tert-OH is 1. The fourth-order valence-electron chi connectivity index (χ4n) is 2.82. The van der Waals surface area contributed by atoms with Gasteiger partial charge in [0.15, 0.2) is 0 Å². The van der Waals surface area contributed by atoms with Crippen molar-refractivity contribution in [1.82, 2.24) is 4.90 Å². The fourth-order valence-corrected chi connectivity index (χ4v) is 3.23. The van der Waals surface area contributed by atoms with Crippen molar-refractivity contribution < 1.29 is 10.2 Å². The van der Waals surface area contributed by atoms with Gasteiger partial charge < -0.3 is 10.2 Å². The zero-order valence-corrected chi connectivity index (χ0v) is 12.9. The van der Waals surface area contributed by atoms with Crippen molar-refractivity contribution in [2.24, 2.45) is 0 Å². The molecule has 0 unspecified atom stereocenters. The van der Waals surface area contributed by atoms with E-state index in [1.54, 1.807) is 6.07 Å². The first-order valence-electron chi connectivity index (χ1n) is 6.99. The van der Waals surface area contributed by atoms with Crippen molar-refractivity contribution in [2.45, 2.75) is 51.3 Å². The Labute approximate surface area is 123 Å². The van der Waals surface area contributed by atoms with Crippen molar-refractivity contribution in [2.75, 3.05) is 6.54 Å². The predicted octanol–water partition coefficient (Wildman–Crippen LogP) is 3.28. The minimum atomic E-state index is -0.116. The normalized spacial score (nSPS) is 23.8. The molecule has 0 spiro atoms. The first kappa shape index (κ1) is 14.8. The van der Waals surface area contributed by atoms with Gasteiger partial charge >= 0.3 is 0 Å². The third-order valence-corrected chi connectivity index (χ3v) is 4.50. The molecule has 3 nitrogen and oxygen atoms in total. The molecular formula is C15H22BrNO2. The van der Waals surface area contributed by atoms with E-state index < -0.39 is 0 Å². The zero-order chi connectivity index (χ0) is 13.8. The standard InChI is InChI=1S/C15H22BrNO2/c1-2-17(13-4-6-14(18)7-5-13)10-11-9-12(16)3-8-15(11)19/h3,8-9,13-14,18-19H,2,4-7,10H2,1H3. The summed E-state index contributed by atoms with van der Waals surface area (Å²) in [6.07, 6.45) is 3.76. The average molecular weight is 328 g/mol. The lowest BCUT2D eigenvalue weighted by molar-refractivity contribution is 0.0724. The number of phenols is 1. The monoisotopic (exact) mass is 327 g/mol. The van der Waals surface area contributed by atoms with Gasteiger partial charge in [-0.3, -0.25) is 4.90 Å². The molecule has 0 aliphatic heterocycles. The predicted molar refractivity (Wildman–Crippen MR) is 80.2 cm³/mol. The molecular weight excluding hydrogens is 306 g/mol. The second-order valence-corrected chi connectivity index (χ2v) is 6.21. The molecule has 1 saturated carbocycles. The van der Waals surface area contributed by atoms with E-state index in [2.05, 4.69) is 27.8 Å². The summed E-state index contributed by atoms with van der Waals surface area (Å²) in [4.78, 5) is 2.40. The molecule has 0 amide bonds. The van der Waals surface area contributed by atoms with E-state index in [1.165, 1.54) is 0 Å². The second-order valence-electron chi connectivity index (χ2n) is 5.30. The Morgan fingerprint density at radius 2 is 1.95 bits per heavy atom. The van der Waals surface area contributed by atoms with Crippen LogP contribution in [0.25, 0.3) is 0 Å². The number of phenolic OH excluding ortho intramolecular Hbond substituents is 1. The molecule has 1 aliphatic carbocycles. The number of nitrogens with zero attached hydrogens (tertiary/aromatic N) is 1. The van der Waals surface area contributed by atoms with E-state index in [0.717, 1.165) is 48.8 Å². The Kier molecular flexibility index (Phi) is 5.25. The Hall–Kier alpha value is -0.580. The van der Waals surface area contributed by atoms with Gasteiger partial charge in [-0.25, -0.2) is 0 Å². The molecule has 1 fully saturated rings. The maximum atomic E-state index is 9.93. The van der Waals surface area contributed by atoms with Crippen molar-refractivity contribution in [3.8, 4) is 5.75 Å². The lowest BCUT2D eigenvalue weighted by Gasteiger charge is -2.35. The highest BCUT2D eigenvalue weighted by Crippen LogP contribution is 2.28. The number of halogens is 1. The summed E-state index contributed by atoms with van der Waals surface area (Å²) < 4.78 is 0.996. The Morgan fingerprint density at radius 3 is 2.58 bits per heavy atom. The Morgan fingerprint density at radius 1 is 1.26 bits per heavy atom. The molecule has 0 saturated heterocycles. The molecule has 2 rings (SSSR count). The highest BCUT2D eigenvalue weighted by Gasteiger charge is 2.24. The largest absolute Gasteiger partial charge is 0.508 e. The van der Waals surface area contributed by atoms with Gasteiger partial charge in [-0.05, 0) is 50.4 Å². The molecule has 19 heavy (non-hydrogen) atoms. The van der Waals surface area contributed by atoms with Crippen LogP contribution in [0, 0.1) is 0 Å². The van der Waals surface area contributed by atoms with Crippen LogP contribution >= 0.6 is 15.9 Å². The van der Waals surface area contributed by atoms with E-state index in [-0.39, 0.29) is 6.10 Å². The van der Waals surface area contributed by atoms with E-state index in [9.17, 15) is 10.2 Å². The molecule has 0 radical (unpaired) electrons. The highest BCUT2D eigenvalue weighted by atomic mass is 79.9. The molecule has 4 heteroatoms. The first-order chi connectivity index (χ1) is 9.10. The van der Waals surface area contributed by atoms with E-state index in [4.69, 9.17) is 0 Å². The quantitative estimate of drug-likeness (QED) is 0.891. The number of aliphatic hydroxyl groups is 1. The number of aromatic hydroxyl groups is 1. The molecule has 1 aromatic carbocycles. The summed E-state index contributed by atoms with van der Waals surface area (Å²) in [7, 11) is 0. The molecule has 0 aromatic heterocycles. The van der Waals surface area contributed by atoms with E-state index in [0.29, 0.717) is 11.8 Å². The third-order valence-electron chi connectivity index (χ3n) is 4.00. The van der Waals surface area contributed by atoms with Crippen molar-refractivity contribution in [1.29, 1.82) is 0 Å². The van der Waals surface area contributed by atoms with Crippen LogP contribution in [0.1, 0.15) is 38.2 Å². The van der Waals surface area contributed by atoms with E-state index >= 15 is 0 Å². The number of benzene rings is 1. The second kappa shape index (κ2) is 6.73. The lowest BCUT2D eigenvalue weighted by Crippen LogP contribution is -2.38. The van der Waals surface area contributed by atoms with Crippen LogP contribution in [0.5, 0.6) is 5.75 Å². The van der Waals surface area contributed by atoms with Crippen molar-refractivity contribution >= 4 is 15.9 Å². The summed E-state index contributed by atoms with van der Waals surface area (Å²) >= 11 is 3.45. The maximum absolute atomic E-state index is 9.93. The van der Waals surface area contributed by atoms with Gasteiger partial charge in [0.05, 0.1) is 6.10 Å². The fraction of sp³-hybridized carbons (Fsp3) is 0.600. The van der Waals surface area contributed by atoms with Crippen molar-refractivity contribution in [3.05, 3.63) is 28.2 Å². The topological polar surface area (TPSA) is 43.7 Å². The van der Waals surface area contributed by atoms with Crippen LogP contribution in [0.2, 0.25) is 0 Å². The van der Waals surface area contributed by atoms with E-state index in [1.807, 2.05) is 12.1 Å². The highest BCUT2D eigenvalue weighted by molar-refractivity contribution is 9.10. The van der Waals surface area contributed by atoms with Gasteiger partial charge in [0.2, 0.25) is 0 Å². The minimum absolute atomic E-state index is 0.116. The van der Waals surface area contributed by atoms with Gasteiger partial charge in [0.1, 0.15) is 5.75 Å². The Balaban J connectivity index is 2.04. The van der Waals surface area contributed by atoms with Gasteiger partial charge in [-0.15, -0.1) is 0 Å². The molecule has 2 N–H and O–H groups in total. The van der Waals surface area contributed by atoms with Crippen molar-refractivity contribution in [3.63, 3.8) is 0 Å². The van der Waals surface area contributed by atoms with Gasteiger partial charge in [-0.2, -0.15) is 0 Å². The minimum Gasteiger partial charge on any atom is -0.508 e. The van der Waals surface area contributed by atoms with Crippen LogP contribution in [-0.4, -0.2) is 33.8 Å². The third kappa shape index (κ3) is 3.94. The molecule has 0 bridgehead atoms. The number of hydrogen-bond acceptors (Lipinski definition) is 3. The number of rotatable bonds is 4. The average Bonchev–Trinajstić information content (AvgIpc) is 2.41. The zero-order valence-electron chi connectivity index (χ0n) is 11.3. The summed E-state index contributed by atoms with van der Waals surface area (Å²) in [5.41, 5.74) is 0.961. The molecule has 1 aromatic rings. The molecule has 106 valence electrons. The van der Waals surface area contributed by atoms with Crippen LogP contribution in [0.15, 0.2) is 22.7 Å². The van der Waals surface area contributed by atoms with Gasteiger partial charge in [0.25, 0.3) is 0 Å². The van der Waals surface area contributed by atoms with Crippen LogP contribution < -0.4 is 0 Å². The van der Waals surface area contributed by atoms with Crippen LogP contribution in [0.3, 0.4) is 0 Å². The maximum Gasteiger partial charge on any atom is 0.120 e. The summed E-state index contributed by atoms with van der Waals surface area (Å²) in [5, 5.41) is 19.5. The van der Waals surface area contributed by atoms with Gasteiger partial charge in [-0.1, -0.05) is 22.9 Å². The smallest absolute Gasteiger partial charge is 0.120 e. The lowest BCUT2D eigenvalue weighted by atomic mass is 9.91. The van der Waals surface area contributed by atoms with Gasteiger partial charge in [0, 0.05) is 22.6 Å². The first-order valence-corrected chi connectivity index (χ1v) is 7.79. The number of hydrogen-bond donors (Lipinski definition) is 2. The molecule has 1 aliphatic rings.